The second kappa shape index (κ2) is 7.54. The summed E-state index contributed by atoms with van der Waals surface area (Å²) in [4.78, 5) is 13.9. The van der Waals surface area contributed by atoms with Crippen molar-refractivity contribution in [1.82, 2.24) is 4.90 Å². The maximum absolute atomic E-state index is 12.3. The number of rotatable bonds is 6. The van der Waals surface area contributed by atoms with Gasteiger partial charge in [0.25, 0.3) is 0 Å². The number of carbonyl (C=O) groups excluding carboxylic acids is 1. The van der Waals surface area contributed by atoms with Crippen LogP contribution in [-0.2, 0) is 4.79 Å². The van der Waals surface area contributed by atoms with Gasteiger partial charge >= 0.3 is 0 Å². The number of nitrogens with zero attached hydrogens (tertiary/aromatic N) is 1. The van der Waals surface area contributed by atoms with E-state index in [-0.39, 0.29) is 11.9 Å². The Labute approximate surface area is 136 Å². The van der Waals surface area contributed by atoms with Gasteiger partial charge in [-0.1, -0.05) is 0 Å². The first kappa shape index (κ1) is 16.7. The van der Waals surface area contributed by atoms with Crippen LogP contribution in [0.3, 0.4) is 0 Å². The molecule has 1 aromatic carbocycles. The van der Waals surface area contributed by atoms with Gasteiger partial charge in [-0.15, -0.1) is 0 Å². The smallest absolute Gasteiger partial charge is 0.246 e. The molecule has 0 radical (unpaired) electrons. The molecule has 23 heavy (non-hydrogen) atoms. The molecule has 0 aliphatic rings. The normalized spacial score (nSPS) is 12.2. The molecular weight excluding hydrogens is 294 g/mol. The SMILES string of the molecule is COc1ccc(/C=C/C(=O)N(C)C(C)c2ccco2)c(OC)c1. The highest BCUT2D eigenvalue weighted by atomic mass is 16.5. The van der Waals surface area contributed by atoms with Crippen LogP contribution in [0, 0.1) is 0 Å². The van der Waals surface area contributed by atoms with Crippen molar-refractivity contribution in [2.45, 2.75) is 13.0 Å². The summed E-state index contributed by atoms with van der Waals surface area (Å²) in [5.74, 6) is 1.98. The first-order chi connectivity index (χ1) is 11.1. The monoisotopic (exact) mass is 315 g/mol. The lowest BCUT2D eigenvalue weighted by molar-refractivity contribution is -0.126. The Morgan fingerprint density at radius 1 is 1.26 bits per heavy atom. The first-order valence-electron chi connectivity index (χ1n) is 7.27. The van der Waals surface area contributed by atoms with Crippen LogP contribution in [0.2, 0.25) is 0 Å². The number of hydrogen-bond donors (Lipinski definition) is 0. The summed E-state index contributed by atoms with van der Waals surface area (Å²) in [6, 6.07) is 8.96. The van der Waals surface area contributed by atoms with Crippen molar-refractivity contribution in [2.24, 2.45) is 0 Å². The zero-order valence-corrected chi connectivity index (χ0v) is 13.8. The molecule has 0 bridgehead atoms. The van der Waals surface area contributed by atoms with Crippen molar-refractivity contribution in [1.29, 1.82) is 0 Å². The number of likely N-dealkylation sites (N-methyl/N-ethyl adjacent to an activating group) is 1. The summed E-state index contributed by atoms with van der Waals surface area (Å²) >= 11 is 0. The van der Waals surface area contributed by atoms with Crippen LogP contribution in [0.5, 0.6) is 11.5 Å². The van der Waals surface area contributed by atoms with E-state index in [1.165, 1.54) is 6.08 Å². The van der Waals surface area contributed by atoms with Crippen LogP contribution in [0.25, 0.3) is 6.08 Å². The third-order valence-corrected chi connectivity index (χ3v) is 3.73. The van der Waals surface area contributed by atoms with E-state index >= 15 is 0 Å². The minimum atomic E-state index is -0.139. The number of methoxy groups -OCH3 is 2. The third kappa shape index (κ3) is 3.94. The van der Waals surface area contributed by atoms with Gasteiger partial charge in [0, 0.05) is 24.8 Å². The summed E-state index contributed by atoms with van der Waals surface area (Å²) in [5.41, 5.74) is 0.806. The van der Waals surface area contributed by atoms with E-state index in [1.54, 1.807) is 44.6 Å². The number of ether oxygens (including phenoxy) is 2. The third-order valence-electron chi connectivity index (χ3n) is 3.73. The molecule has 0 saturated heterocycles. The Morgan fingerprint density at radius 3 is 2.65 bits per heavy atom. The number of carbonyl (C=O) groups is 1. The summed E-state index contributed by atoms with van der Waals surface area (Å²) in [6.07, 6.45) is 4.85. The summed E-state index contributed by atoms with van der Waals surface area (Å²) in [7, 11) is 4.92. The van der Waals surface area contributed by atoms with Gasteiger partial charge in [0.1, 0.15) is 17.3 Å². The minimum Gasteiger partial charge on any atom is -0.497 e. The Balaban J connectivity index is 2.11. The Morgan fingerprint density at radius 2 is 2.04 bits per heavy atom. The van der Waals surface area contributed by atoms with Gasteiger partial charge in [0.15, 0.2) is 0 Å². The molecule has 5 heteroatoms. The second-order valence-electron chi connectivity index (χ2n) is 5.08. The van der Waals surface area contributed by atoms with Crippen molar-refractivity contribution in [3.05, 3.63) is 54.0 Å². The topological polar surface area (TPSA) is 51.9 Å². The Kier molecular flexibility index (Phi) is 5.46. The van der Waals surface area contributed by atoms with Gasteiger partial charge in [0.2, 0.25) is 5.91 Å². The van der Waals surface area contributed by atoms with Crippen LogP contribution >= 0.6 is 0 Å². The van der Waals surface area contributed by atoms with Gasteiger partial charge in [0.05, 0.1) is 26.5 Å². The van der Waals surface area contributed by atoms with Crippen molar-refractivity contribution in [2.75, 3.05) is 21.3 Å². The van der Waals surface area contributed by atoms with Crippen LogP contribution < -0.4 is 9.47 Å². The van der Waals surface area contributed by atoms with Crippen molar-refractivity contribution in [3.8, 4) is 11.5 Å². The molecular formula is C18H21NO4. The molecule has 0 aliphatic carbocycles. The van der Waals surface area contributed by atoms with Crippen molar-refractivity contribution in [3.63, 3.8) is 0 Å². The van der Waals surface area contributed by atoms with Crippen LogP contribution in [0.1, 0.15) is 24.3 Å². The summed E-state index contributed by atoms with van der Waals surface area (Å²) in [6.45, 7) is 1.92. The fourth-order valence-corrected chi connectivity index (χ4v) is 2.15. The molecule has 0 spiro atoms. The van der Waals surface area contributed by atoms with E-state index in [9.17, 15) is 4.79 Å². The lowest BCUT2D eigenvalue weighted by Crippen LogP contribution is -2.27. The average Bonchev–Trinajstić information content (AvgIpc) is 3.12. The summed E-state index contributed by atoms with van der Waals surface area (Å²) < 4.78 is 15.8. The maximum Gasteiger partial charge on any atom is 0.246 e. The summed E-state index contributed by atoms with van der Waals surface area (Å²) in [5, 5.41) is 0. The molecule has 0 aliphatic heterocycles. The van der Waals surface area contributed by atoms with Gasteiger partial charge in [-0.25, -0.2) is 0 Å². The molecule has 122 valence electrons. The lowest BCUT2D eigenvalue weighted by atomic mass is 10.1. The standard InChI is InChI=1S/C18H21NO4/c1-13(16-6-5-11-23-16)19(2)18(20)10-8-14-7-9-15(21-3)12-17(14)22-4/h5-13H,1-4H3/b10-8+. The van der Waals surface area contributed by atoms with E-state index in [1.807, 2.05) is 31.2 Å². The molecule has 0 N–H and O–H groups in total. The molecule has 1 heterocycles. The van der Waals surface area contributed by atoms with Crippen LogP contribution in [0.4, 0.5) is 0 Å². The zero-order valence-electron chi connectivity index (χ0n) is 13.8. The largest absolute Gasteiger partial charge is 0.497 e. The Bertz CT molecular complexity index is 676. The molecule has 1 amide bonds. The molecule has 1 aromatic heterocycles. The lowest BCUT2D eigenvalue weighted by Gasteiger charge is -2.21. The highest BCUT2D eigenvalue weighted by Crippen LogP contribution is 2.26. The molecule has 5 nitrogen and oxygen atoms in total. The first-order valence-corrected chi connectivity index (χ1v) is 7.27. The van der Waals surface area contributed by atoms with E-state index < -0.39 is 0 Å². The fraction of sp³-hybridized carbons (Fsp3) is 0.278. The predicted molar refractivity (Wildman–Crippen MR) is 88.5 cm³/mol. The Hall–Kier alpha value is -2.69. The van der Waals surface area contributed by atoms with E-state index in [0.29, 0.717) is 11.5 Å². The molecule has 0 fully saturated rings. The fourth-order valence-electron chi connectivity index (χ4n) is 2.15. The van der Waals surface area contributed by atoms with Crippen LogP contribution in [-0.4, -0.2) is 32.1 Å². The number of benzene rings is 1. The van der Waals surface area contributed by atoms with Gasteiger partial charge in [-0.05, 0) is 37.3 Å². The quantitative estimate of drug-likeness (QED) is 0.765. The van der Waals surface area contributed by atoms with Gasteiger partial charge < -0.3 is 18.8 Å². The molecule has 2 rings (SSSR count). The zero-order chi connectivity index (χ0) is 16.8. The minimum absolute atomic E-state index is 0.119. The van der Waals surface area contributed by atoms with Crippen molar-refractivity contribution >= 4 is 12.0 Å². The number of furan rings is 1. The van der Waals surface area contributed by atoms with E-state index in [4.69, 9.17) is 13.9 Å². The van der Waals surface area contributed by atoms with Crippen molar-refractivity contribution < 1.29 is 18.7 Å². The number of amides is 1. The van der Waals surface area contributed by atoms with Crippen LogP contribution in [0.15, 0.2) is 47.1 Å². The van der Waals surface area contributed by atoms with Gasteiger partial charge in [-0.2, -0.15) is 0 Å². The molecule has 0 saturated carbocycles. The van der Waals surface area contributed by atoms with Gasteiger partial charge in [-0.3, -0.25) is 4.79 Å². The highest BCUT2D eigenvalue weighted by Gasteiger charge is 2.17. The highest BCUT2D eigenvalue weighted by molar-refractivity contribution is 5.92. The van der Waals surface area contributed by atoms with E-state index in [0.717, 1.165) is 11.3 Å². The molecule has 2 aromatic rings. The predicted octanol–water partition coefficient (Wildman–Crippen LogP) is 3.53. The average molecular weight is 315 g/mol. The van der Waals surface area contributed by atoms with E-state index in [2.05, 4.69) is 0 Å². The maximum atomic E-state index is 12.3. The second-order valence-corrected chi connectivity index (χ2v) is 5.08. The molecule has 1 atom stereocenters. The molecule has 1 unspecified atom stereocenters. The number of hydrogen-bond acceptors (Lipinski definition) is 4.